The van der Waals surface area contributed by atoms with Gasteiger partial charge >= 0.3 is 6.18 Å². The zero-order valence-corrected chi connectivity index (χ0v) is 13.4. The van der Waals surface area contributed by atoms with Gasteiger partial charge in [-0.2, -0.15) is 13.2 Å². The molecule has 0 spiro atoms. The van der Waals surface area contributed by atoms with Crippen molar-refractivity contribution in [2.45, 2.75) is 19.0 Å². The maximum atomic E-state index is 12.2. The van der Waals surface area contributed by atoms with Gasteiger partial charge in [0.2, 0.25) is 5.91 Å². The lowest BCUT2D eigenvalue weighted by Crippen LogP contribution is -2.45. The first-order valence-corrected chi connectivity index (χ1v) is 7.60. The smallest absolute Gasteiger partial charge is 0.365 e. The molecule has 0 saturated carbocycles. The third-order valence-corrected chi connectivity index (χ3v) is 3.96. The Balaban J connectivity index is 2.17. The lowest BCUT2D eigenvalue weighted by atomic mass is 9.96. The van der Waals surface area contributed by atoms with E-state index < -0.39 is 45.8 Å². The van der Waals surface area contributed by atoms with Crippen molar-refractivity contribution >= 4 is 23.0 Å². The summed E-state index contributed by atoms with van der Waals surface area (Å²) < 4.78 is 36.6. The van der Waals surface area contributed by atoms with Crippen LogP contribution < -0.4 is 10.2 Å². The summed E-state index contributed by atoms with van der Waals surface area (Å²) in [7, 11) is 0. The highest BCUT2D eigenvalue weighted by Crippen LogP contribution is 2.34. The number of anilines is 1. The van der Waals surface area contributed by atoms with E-state index in [0.717, 1.165) is 12.1 Å². The van der Waals surface area contributed by atoms with Crippen LogP contribution in [0.4, 0.5) is 30.2 Å². The van der Waals surface area contributed by atoms with E-state index >= 15 is 0 Å². The van der Waals surface area contributed by atoms with Crippen LogP contribution in [0.5, 0.6) is 0 Å². The second kappa shape index (κ2) is 7.54. The fourth-order valence-corrected chi connectivity index (χ4v) is 2.78. The van der Waals surface area contributed by atoms with Gasteiger partial charge in [0.05, 0.1) is 21.8 Å². The summed E-state index contributed by atoms with van der Waals surface area (Å²) in [6, 6.07) is 3.14. The van der Waals surface area contributed by atoms with Gasteiger partial charge in [-0.15, -0.1) is 0 Å². The molecule has 0 radical (unpaired) electrons. The van der Waals surface area contributed by atoms with Gasteiger partial charge in [-0.3, -0.25) is 25.0 Å². The second-order valence-corrected chi connectivity index (χ2v) is 5.81. The van der Waals surface area contributed by atoms with Crippen LogP contribution in [0.25, 0.3) is 0 Å². The predicted molar refractivity (Wildman–Crippen MR) is 83.8 cm³/mol. The Morgan fingerprint density at radius 2 is 1.96 bits per heavy atom. The third kappa shape index (κ3) is 4.80. The molecule has 2 rings (SSSR count). The summed E-state index contributed by atoms with van der Waals surface area (Å²) in [5.41, 5.74) is -0.846. The van der Waals surface area contributed by atoms with Gasteiger partial charge in [0.25, 0.3) is 11.4 Å². The number of nitro groups is 2. The van der Waals surface area contributed by atoms with E-state index in [-0.39, 0.29) is 12.2 Å². The maximum Gasteiger partial charge on any atom is 0.405 e. The molecule has 1 N–H and O–H groups in total. The molecule has 0 aromatic heterocycles. The number of carbonyl (C=O) groups excluding carboxylic acids is 1. The molecule has 1 aromatic rings. The number of amides is 1. The summed E-state index contributed by atoms with van der Waals surface area (Å²) in [5.74, 6) is -1.54. The van der Waals surface area contributed by atoms with Gasteiger partial charge in [-0.05, 0) is 18.9 Å². The molecule has 1 amide bonds. The Bertz CT molecular complexity index is 725. The average molecular weight is 376 g/mol. The highest BCUT2D eigenvalue weighted by atomic mass is 19.4. The Kier molecular flexibility index (Phi) is 5.63. The highest BCUT2D eigenvalue weighted by Gasteiger charge is 2.33. The van der Waals surface area contributed by atoms with Gasteiger partial charge in [-0.1, -0.05) is 0 Å². The number of non-ortho nitro benzene ring substituents is 1. The molecule has 1 unspecified atom stereocenters. The van der Waals surface area contributed by atoms with Crippen LogP contribution in [0, 0.1) is 26.1 Å². The first-order valence-electron chi connectivity index (χ1n) is 7.60. The van der Waals surface area contributed by atoms with Gasteiger partial charge in [0, 0.05) is 19.2 Å². The number of rotatable bonds is 5. The van der Waals surface area contributed by atoms with Crippen LogP contribution in [0.2, 0.25) is 0 Å². The Morgan fingerprint density at radius 1 is 1.27 bits per heavy atom. The number of hydrogen-bond acceptors (Lipinski definition) is 6. The molecule has 26 heavy (non-hydrogen) atoms. The molecule has 9 nitrogen and oxygen atoms in total. The molecule has 1 saturated heterocycles. The predicted octanol–water partition coefficient (Wildman–Crippen LogP) is 2.40. The van der Waals surface area contributed by atoms with Crippen molar-refractivity contribution in [3.8, 4) is 0 Å². The van der Waals surface area contributed by atoms with Crippen molar-refractivity contribution < 1.29 is 27.8 Å². The first kappa shape index (κ1) is 19.4. The summed E-state index contributed by atoms with van der Waals surface area (Å²) in [4.78, 5) is 33.9. The number of halogens is 3. The van der Waals surface area contributed by atoms with Crippen molar-refractivity contribution in [2.24, 2.45) is 5.92 Å². The van der Waals surface area contributed by atoms with E-state index in [1.54, 1.807) is 0 Å². The number of piperidine rings is 1. The summed E-state index contributed by atoms with van der Waals surface area (Å²) in [6.45, 7) is -1.11. The summed E-state index contributed by atoms with van der Waals surface area (Å²) in [5, 5.41) is 23.8. The minimum Gasteiger partial charge on any atom is -0.365 e. The van der Waals surface area contributed by atoms with Crippen LogP contribution in [0.3, 0.4) is 0 Å². The fraction of sp³-hybridized carbons (Fsp3) is 0.500. The third-order valence-electron chi connectivity index (χ3n) is 3.96. The van der Waals surface area contributed by atoms with E-state index in [1.807, 2.05) is 5.32 Å². The first-order chi connectivity index (χ1) is 12.1. The number of alkyl halides is 3. The minimum absolute atomic E-state index is 0.0116. The molecule has 1 aliphatic heterocycles. The van der Waals surface area contributed by atoms with Crippen LogP contribution >= 0.6 is 0 Å². The molecule has 0 aliphatic carbocycles. The maximum absolute atomic E-state index is 12.2. The molecular weight excluding hydrogens is 361 g/mol. The molecule has 1 heterocycles. The normalized spacial score (nSPS) is 17.7. The molecule has 1 atom stereocenters. The molecule has 12 heteroatoms. The fourth-order valence-electron chi connectivity index (χ4n) is 2.78. The van der Waals surface area contributed by atoms with Gasteiger partial charge < -0.3 is 10.2 Å². The number of nitro benzene ring substituents is 2. The van der Waals surface area contributed by atoms with E-state index in [1.165, 1.54) is 11.0 Å². The van der Waals surface area contributed by atoms with E-state index in [9.17, 15) is 38.2 Å². The minimum atomic E-state index is -4.53. The monoisotopic (exact) mass is 376 g/mol. The van der Waals surface area contributed by atoms with Crippen molar-refractivity contribution in [1.29, 1.82) is 0 Å². The molecule has 0 bridgehead atoms. The summed E-state index contributed by atoms with van der Waals surface area (Å²) in [6.07, 6.45) is -3.74. The van der Waals surface area contributed by atoms with Crippen molar-refractivity contribution in [2.75, 3.05) is 24.5 Å². The highest BCUT2D eigenvalue weighted by molar-refractivity contribution is 5.80. The van der Waals surface area contributed by atoms with Crippen LogP contribution in [-0.4, -0.2) is 41.6 Å². The average Bonchev–Trinajstić information content (AvgIpc) is 2.58. The van der Waals surface area contributed by atoms with Crippen molar-refractivity contribution in [3.05, 3.63) is 38.4 Å². The number of benzene rings is 1. The van der Waals surface area contributed by atoms with Crippen molar-refractivity contribution in [1.82, 2.24) is 5.32 Å². The number of nitrogens with zero attached hydrogens (tertiary/aromatic N) is 3. The zero-order chi connectivity index (χ0) is 19.5. The van der Waals surface area contributed by atoms with E-state index in [2.05, 4.69) is 0 Å². The van der Waals surface area contributed by atoms with Crippen molar-refractivity contribution in [3.63, 3.8) is 0 Å². The molecule has 1 aliphatic rings. The quantitative estimate of drug-likeness (QED) is 0.623. The largest absolute Gasteiger partial charge is 0.405 e. The van der Waals surface area contributed by atoms with E-state index in [4.69, 9.17) is 0 Å². The topological polar surface area (TPSA) is 119 Å². The van der Waals surface area contributed by atoms with Gasteiger partial charge in [-0.25, -0.2) is 0 Å². The summed E-state index contributed by atoms with van der Waals surface area (Å²) >= 11 is 0. The van der Waals surface area contributed by atoms with E-state index in [0.29, 0.717) is 19.4 Å². The number of carbonyl (C=O) groups is 1. The lowest BCUT2D eigenvalue weighted by molar-refractivity contribution is -0.393. The standard InChI is InChI=1S/C14H15F3N4O5/c15-14(16,17)8-18-13(22)9-2-1-5-19(7-9)11-4-3-10(20(23)24)6-12(11)21(25)26/h3-4,6,9H,1-2,5,7-8H2,(H,18,22). The second-order valence-electron chi connectivity index (χ2n) is 5.81. The molecule has 1 aromatic carbocycles. The molecule has 1 fully saturated rings. The SMILES string of the molecule is O=C(NCC(F)(F)F)C1CCCN(c2ccc([N+](=O)[O-])cc2[N+](=O)[O-])C1. The van der Waals surface area contributed by atoms with Gasteiger partial charge in [0.1, 0.15) is 12.2 Å². The van der Waals surface area contributed by atoms with Crippen LogP contribution in [0.15, 0.2) is 18.2 Å². The zero-order valence-electron chi connectivity index (χ0n) is 13.4. The Hall–Kier alpha value is -2.92. The molecular formula is C14H15F3N4O5. The molecule has 142 valence electrons. The van der Waals surface area contributed by atoms with Crippen LogP contribution in [-0.2, 0) is 4.79 Å². The van der Waals surface area contributed by atoms with Crippen LogP contribution in [0.1, 0.15) is 12.8 Å². The number of nitrogens with one attached hydrogen (secondary N) is 1. The Labute approximate surface area is 145 Å². The number of hydrogen-bond donors (Lipinski definition) is 1. The lowest BCUT2D eigenvalue weighted by Gasteiger charge is -2.33. The van der Waals surface area contributed by atoms with Gasteiger partial charge in [0.15, 0.2) is 0 Å². The Morgan fingerprint density at radius 3 is 2.54 bits per heavy atom.